The molecule has 4 aromatic carbocycles. The monoisotopic (exact) mass is 454 g/mol. The molecule has 0 aromatic heterocycles. The largest absolute Gasteiger partial charge is 0.491 e. The number of benzene rings is 4. The van der Waals surface area contributed by atoms with Crippen LogP contribution in [-0.4, -0.2) is 42.4 Å². The summed E-state index contributed by atoms with van der Waals surface area (Å²) in [5.74, 6) is 1.27. The van der Waals surface area contributed by atoms with Crippen molar-refractivity contribution in [2.75, 3.05) is 26.4 Å². The van der Waals surface area contributed by atoms with Crippen molar-refractivity contribution >= 4 is 5.78 Å². The molecule has 0 saturated carbocycles. The zero-order valence-electron chi connectivity index (χ0n) is 18.7. The van der Waals surface area contributed by atoms with E-state index in [0.717, 1.165) is 22.3 Å². The maximum Gasteiger partial charge on any atom is 0.194 e. The van der Waals surface area contributed by atoms with Crippen LogP contribution in [0.5, 0.6) is 11.5 Å². The summed E-state index contributed by atoms with van der Waals surface area (Å²) >= 11 is 0. The molecule has 0 fully saturated rings. The van der Waals surface area contributed by atoms with E-state index in [1.165, 1.54) is 0 Å². The Hall–Kier alpha value is -3.93. The number of ether oxygens (including phenoxy) is 2. The number of hydrogen-bond acceptors (Lipinski definition) is 5. The normalized spacial score (nSPS) is 10.6. The lowest BCUT2D eigenvalue weighted by molar-refractivity contribution is 0.104. The van der Waals surface area contributed by atoms with E-state index in [9.17, 15) is 4.79 Å². The second-order valence-corrected chi connectivity index (χ2v) is 7.61. The molecule has 2 N–H and O–H groups in total. The highest BCUT2D eigenvalue weighted by Gasteiger charge is 2.18. The lowest BCUT2D eigenvalue weighted by Gasteiger charge is -2.13. The third-order valence-electron chi connectivity index (χ3n) is 5.39. The van der Waals surface area contributed by atoms with Crippen LogP contribution in [0.25, 0.3) is 22.3 Å². The second kappa shape index (κ2) is 11.3. The molecule has 0 aliphatic rings. The van der Waals surface area contributed by atoms with E-state index in [4.69, 9.17) is 19.7 Å². The van der Waals surface area contributed by atoms with E-state index in [2.05, 4.69) is 0 Å². The molecule has 0 amide bonds. The Bertz CT molecular complexity index is 1130. The van der Waals surface area contributed by atoms with Crippen LogP contribution >= 0.6 is 0 Å². The minimum Gasteiger partial charge on any atom is -0.491 e. The van der Waals surface area contributed by atoms with Crippen molar-refractivity contribution in [3.05, 3.63) is 108 Å². The molecular formula is C29H26O5. The van der Waals surface area contributed by atoms with Crippen LogP contribution < -0.4 is 9.47 Å². The van der Waals surface area contributed by atoms with Gasteiger partial charge in [-0.05, 0) is 46.5 Å². The molecule has 0 aliphatic carbocycles. The lowest BCUT2D eigenvalue weighted by atomic mass is 9.90. The molecule has 0 saturated heterocycles. The van der Waals surface area contributed by atoms with Crippen molar-refractivity contribution < 1.29 is 24.5 Å². The van der Waals surface area contributed by atoms with Crippen LogP contribution in [0.15, 0.2) is 97.1 Å². The summed E-state index contributed by atoms with van der Waals surface area (Å²) in [7, 11) is 0. The van der Waals surface area contributed by atoms with Crippen LogP contribution in [0.3, 0.4) is 0 Å². The molecule has 4 rings (SSSR count). The van der Waals surface area contributed by atoms with E-state index in [1.54, 1.807) is 0 Å². The van der Waals surface area contributed by atoms with Gasteiger partial charge in [-0.15, -0.1) is 0 Å². The minimum absolute atomic E-state index is 0.0447. The molecule has 0 aliphatic heterocycles. The van der Waals surface area contributed by atoms with Gasteiger partial charge in [0.05, 0.1) is 13.2 Å². The summed E-state index contributed by atoms with van der Waals surface area (Å²) < 4.78 is 10.9. The molecule has 0 radical (unpaired) electrons. The summed E-state index contributed by atoms with van der Waals surface area (Å²) in [6, 6.07) is 30.1. The smallest absolute Gasteiger partial charge is 0.194 e. The van der Waals surface area contributed by atoms with Gasteiger partial charge >= 0.3 is 0 Å². The Labute approximate surface area is 198 Å². The van der Waals surface area contributed by atoms with Gasteiger partial charge in [0, 0.05) is 11.1 Å². The van der Waals surface area contributed by atoms with Crippen molar-refractivity contribution in [3.8, 4) is 33.8 Å². The maximum atomic E-state index is 13.7. The Morgan fingerprint density at radius 1 is 0.559 bits per heavy atom. The fourth-order valence-electron chi connectivity index (χ4n) is 3.80. The Morgan fingerprint density at radius 3 is 1.32 bits per heavy atom. The first-order chi connectivity index (χ1) is 16.7. The molecule has 0 spiro atoms. The Balaban J connectivity index is 1.66. The molecule has 5 heteroatoms. The number of aliphatic hydroxyl groups is 2. The molecular weight excluding hydrogens is 428 g/mol. The van der Waals surface area contributed by atoms with Crippen molar-refractivity contribution in [1.82, 2.24) is 0 Å². The maximum absolute atomic E-state index is 13.7. The van der Waals surface area contributed by atoms with Gasteiger partial charge < -0.3 is 19.7 Å². The highest BCUT2D eigenvalue weighted by molar-refractivity contribution is 6.16. The van der Waals surface area contributed by atoms with Gasteiger partial charge in [-0.1, -0.05) is 72.8 Å². The second-order valence-electron chi connectivity index (χ2n) is 7.61. The van der Waals surface area contributed by atoms with Crippen molar-refractivity contribution in [3.63, 3.8) is 0 Å². The van der Waals surface area contributed by atoms with Gasteiger partial charge in [0.15, 0.2) is 5.78 Å². The summed E-state index contributed by atoms with van der Waals surface area (Å²) in [5.41, 5.74) is 4.71. The quantitative estimate of drug-likeness (QED) is 0.330. The zero-order valence-corrected chi connectivity index (χ0v) is 18.7. The molecule has 4 aromatic rings. The zero-order chi connectivity index (χ0) is 23.8. The number of carbonyl (C=O) groups is 1. The number of carbonyl (C=O) groups excluding carboxylic acids is 1. The first-order valence-corrected chi connectivity index (χ1v) is 11.1. The van der Waals surface area contributed by atoms with Crippen LogP contribution in [0.1, 0.15) is 15.9 Å². The Kier molecular flexibility index (Phi) is 7.71. The standard InChI is InChI=1S/C29H26O5/c30-17-19-33-23-13-9-21(10-14-23)25-5-1-3-7-27(25)29(32)28-8-4-2-6-26(28)22-11-15-24(16-12-22)34-20-18-31/h1-16,30-31H,17-20H2. The van der Waals surface area contributed by atoms with Crippen LogP contribution in [0.4, 0.5) is 0 Å². The van der Waals surface area contributed by atoms with Gasteiger partial charge in [0.1, 0.15) is 24.7 Å². The van der Waals surface area contributed by atoms with Gasteiger partial charge in [0.25, 0.3) is 0 Å². The van der Waals surface area contributed by atoms with E-state index in [0.29, 0.717) is 22.6 Å². The van der Waals surface area contributed by atoms with Gasteiger partial charge in [-0.3, -0.25) is 4.79 Å². The average Bonchev–Trinajstić information content (AvgIpc) is 2.91. The van der Waals surface area contributed by atoms with Crippen LogP contribution in [0.2, 0.25) is 0 Å². The summed E-state index contributed by atoms with van der Waals surface area (Å²) in [6.07, 6.45) is 0. The minimum atomic E-state index is -0.0626. The highest BCUT2D eigenvalue weighted by Crippen LogP contribution is 2.31. The van der Waals surface area contributed by atoms with Crippen LogP contribution in [-0.2, 0) is 0 Å². The fourth-order valence-corrected chi connectivity index (χ4v) is 3.80. The summed E-state index contributed by atoms with van der Waals surface area (Å²) in [6.45, 7) is 0.382. The summed E-state index contributed by atoms with van der Waals surface area (Å²) in [4.78, 5) is 13.7. The van der Waals surface area contributed by atoms with Crippen molar-refractivity contribution in [2.45, 2.75) is 0 Å². The number of aliphatic hydroxyl groups excluding tert-OH is 2. The van der Waals surface area contributed by atoms with Gasteiger partial charge in [-0.25, -0.2) is 0 Å². The molecule has 0 atom stereocenters. The third-order valence-corrected chi connectivity index (χ3v) is 5.39. The highest BCUT2D eigenvalue weighted by atomic mass is 16.5. The lowest BCUT2D eigenvalue weighted by Crippen LogP contribution is -2.06. The molecule has 0 heterocycles. The first kappa shape index (κ1) is 23.2. The summed E-state index contributed by atoms with van der Waals surface area (Å²) in [5, 5.41) is 17.9. The predicted molar refractivity (Wildman–Crippen MR) is 132 cm³/mol. The number of hydrogen-bond donors (Lipinski definition) is 2. The number of ketones is 1. The molecule has 5 nitrogen and oxygen atoms in total. The van der Waals surface area contributed by atoms with E-state index in [-0.39, 0.29) is 32.2 Å². The average molecular weight is 455 g/mol. The molecule has 172 valence electrons. The number of rotatable bonds is 10. The van der Waals surface area contributed by atoms with Crippen molar-refractivity contribution in [1.29, 1.82) is 0 Å². The topological polar surface area (TPSA) is 76.0 Å². The van der Waals surface area contributed by atoms with E-state index < -0.39 is 0 Å². The Morgan fingerprint density at radius 2 is 0.941 bits per heavy atom. The fraction of sp³-hybridized carbons (Fsp3) is 0.138. The molecule has 0 unspecified atom stereocenters. The first-order valence-electron chi connectivity index (χ1n) is 11.1. The van der Waals surface area contributed by atoms with Gasteiger partial charge in [-0.2, -0.15) is 0 Å². The molecule has 0 bridgehead atoms. The SMILES string of the molecule is O=C(c1ccccc1-c1ccc(OCCO)cc1)c1ccccc1-c1ccc(OCCO)cc1. The van der Waals surface area contributed by atoms with Crippen LogP contribution in [0, 0.1) is 0 Å². The van der Waals surface area contributed by atoms with Gasteiger partial charge in [0.2, 0.25) is 0 Å². The van der Waals surface area contributed by atoms with E-state index >= 15 is 0 Å². The molecule has 34 heavy (non-hydrogen) atoms. The van der Waals surface area contributed by atoms with E-state index in [1.807, 2.05) is 97.1 Å². The van der Waals surface area contributed by atoms with Crippen molar-refractivity contribution in [2.24, 2.45) is 0 Å². The third kappa shape index (κ3) is 5.34. The predicted octanol–water partition coefficient (Wildman–Crippen LogP) is 4.99.